The molecule has 2 saturated heterocycles. The molecular formula is C21H33N3O3S. The minimum absolute atomic E-state index is 0.161. The molecule has 1 aromatic rings. The van der Waals surface area contributed by atoms with Crippen LogP contribution in [0.5, 0.6) is 0 Å². The Kier molecular flexibility index (Phi) is 7.48. The molecule has 2 aliphatic rings. The molecule has 7 heteroatoms. The number of nitrogens with zero attached hydrogens (tertiary/aromatic N) is 2. The number of sulfonamides is 1. The van der Waals surface area contributed by atoms with Crippen molar-refractivity contribution in [3.05, 3.63) is 30.3 Å². The Hall–Kier alpha value is -1.44. The first-order chi connectivity index (χ1) is 13.5. The topological polar surface area (TPSA) is 69.7 Å². The summed E-state index contributed by atoms with van der Waals surface area (Å²) >= 11 is 0. The van der Waals surface area contributed by atoms with Gasteiger partial charge in [0.1, 0.15) is 6.04 Å². The van der Waals surface area contributed by atoms with E-state index in [-0.39, 0.29) is 10.8 Å². The van der Waals surface area contributed by atoms with Crippen molar-refractivity contribution < 1.29 is 13.2 Å². The number of carbonyl (C=O) groups excluding carboxylic acids is 1. The highest BCUT2D eigenvalue weighted by Crippen LogP contribution is 2.25. The fraction of sp³-hybridized carbons (Fsp3) is 0.667. The van der Waals surface area contributed by atoms with Crippen molar-refractivity contribution in [2.75, 3.05) is 32.7 Å². The summed E-state index contributed by atoms with van der Waals surface area (Å²) < 4.78 is 27.4. The second-order valence-electron chi connectivity index (χ2n) is 8.13. The predicted molar refractivity (Wildman–Crippen MR) is 110 cm³/mol. The first-order valence-electron chi connectivity index (χ1n) is 10.6. The molecule has 3 rings (SSSR count). The molecule has 2 fully saturated rings. The number of amides is 1. The van der Waals surface area contributed by atoms with Crippen molar-refractivity contribution in [3.63, 3.8) is 0 Å². The highest BCUT2D eigenvalue weighted by molar-refractivity contribution is 7.89. The van der Waals surface area contributed by atoms with Crippen LogP contribution in [0.1, 0.15) is 45.4 Å². The van der Waals surface area contributed by atoms with Crippen LogP contribution in [0.3, 0.4) is 0 Å². The molecule has 2 atom stereocenters. The Morgan fingerprint density at radius 3 is 2.64 bits per heavy atom. The molecule has 0 aliphatic carbocycles. The van der Waals surface area contributed by atoms with E-state index in [0.29, 0.717) is 19.5 Å². The summed E-state index contributed by atoms with van der Waals surface area (Å²) in [6, 6.07) is 7.81. The summed E-state index contributed by atoms with van der Waals surface area (Å²) in [5.41, 5.74) is 0. The lowest BCUT2D eigenvalue weighted by Crippen LogP contribution is -2.52. The molecule has 28 heavy (non-hydrogen) atoms. The Balaban J connectivity index is 1.54. The normalized spacial score (nSPS) is 24.8. The molecule has 1 N–H and O–H groups in total. The monoisotopic (exact) mass is 407 g/mol. The van der Waals surface area contributed by atoms with E-state index in [2.05, 4.69) is 17.1 Å². The SMILES string of the molecule is CC1CCCN(CCCNC(=O)C2CCCCN2S(=O)(=O)c2ccccc2)C1. The van der Waals surface area contributed by atoms with Gasteiger partial charge in [0.25, 0.3) is 0 Å². The van der Waals surface area contributed by atoms with Crippen molar-refractivity contribution in [1.29, 1.82) is 0 Å². The number of hydrogen-bond acceptors (Lipinski definition) is 4. The molecule has 0 aromatic heterocycles. The zero-order valence-corrected chi connectivity index (χ0v) is 17.7. The summed E-state index contributed by atoms with van der Waals surface area (Å²) in [4.78, 5) is 15.5. The van der Waals surface area contributed by atoms with E-state index in [9.17, 15) is 13.2 Å². The minimum Gasteiger partial charge on any atom is -0.355 e. The molecule has 2 unspecified atom stereocenters. The van der Waals surface area contributed by atoms with Gasteiger partial charge in [-0.3, -0.25) is 4.79 Å². The number of piperidine rings is 2. The fourth-order valence-electron chi connectivity index (χ4n) is 4.30. The molecule has 0 saturated carbocycles. The average molecular weight is 408 g/mol. The van der Waals surface area contributed by atoms with Gasteiger partial charge in [-0.25, -0.2) is 8.42 Å². The maximum Gasteiger partial charge on any atom is 0.243 e. The van der Waals surface area contributed by atoms with E-state index in [4.69, 9.17) is 0 Å². The van der Waals surface area contributed by atoms with Gasteiger partial charge < -0.3 is 10.2 Å². The smallest absolute Gasteiger partial charge is 0.243 e. The summed E-state index contributed by atoms with van der Waals surface area (Å²) in [6.07, 6.45) is 5.72. The van der Waals surface area contributed by atoms with Gasteiger partial charge in [-0.2, -0.15) is 4.31 Å². The van der Waals surface area contributed by atoms with Gasteiger partial charge in [-0.15, -0.1) is 0 Å². The predicted octanol–water partition coefficient (Wildman–Crippen LogP) is 2.47. The van der Waals surface area contributed by atoms with Crippen LogP contribution in [0, 0.1) is 5.92 Å². The summed E-state index contributed by atoms with van der Waals surface area (Å²) in [5, 5.41) is 2.99. The third-order valence-electron chi connectivity index (χ3n) is 5.80. The van der Waals surface area contributed by atoms with Gasteiger partial charge in [-0.05, 0) is 63.2 Å². The lowest BCUT2D eigenvalue weighted by Gasteiger charge is -2.34. The first kappa shape index (κ1) is 21.3. The Labute approximate surface area is 169 Å². The van der Waals surface area contributed by atoms with Crippen LogP contribution < -0.4 is 5.32 Å². The number of benzene rings is 1. The lowest BCUT2D eigenvalue weighted by atomic mass is 10.0. The van der Waals surface area contributed by atoms with Crippen LogP contribution >= 0.6 is 0 Å². The van der Waals surface area contributed by atoms with Crippen molar-refractivity contribution in [3.8, 4) is 0 Å². The molecule has 1 amide bonds. The third kappa shape index (κ3) is 5.33. The van der Waals surface area contributed by atoms with Crippen LogP contribution in [-0.4, -0.2) is 62.3 Å². The fourth-order valence-corrected chi connectivity index (χ4v) is 5.98. The van der Waals surface area contributed by atoms with Gasteiger partial charge in [0.15, 0.2) is 0 Å². The second-order valence-corrected chi connectivity index (χ2v) is 10.0. The molecule has 0 bridgehead atoms. The van der Waals surface area contributed by atoms with E-state index in [1.807, 2.05) is 0 Å². The van der Waals surface area contributed by atoms with Gasteiger partial charge in [0.05, 0.1) is 4.90 Å². The van der Waals surface area contributed by atoms with Crippen LogP contribution in [0.15, 0.2) is 35.2 Å². The number of hydrogen-bond donors (Lipinski definition) is 1. The van der Waals surface area contributed by atoms with E-state index >= 15 is 0 Å². The molecule has 0 radical (unpaired) electrons. The molecule has 156 valence electrons. The van der Waals surface area contributed by atoms with Crippen LogP contribution in [-0.2, 0) is 14.8 Å². The van der Waals surface area contributed by atoms with Crippen molar-refractivity contribution in [2.45, 2.75) is 56.4 Å². The van der Waals surface area contributed by atoms with Crippen LogP contribution in [0.2, 0.25) is 0 Å². The van der Waals surface area contributed by atoms with E-state index < -0.39 is 16.1 Å². The minimum atomic E-state index is -3.65. The highest BCUT2D eigenvalue weighted by Gasteiger charge is 2.37. The van der Waals surface area contributed by atoms with Gasteiger partial charge >= 0.3 is 0 Å². The van der Waals surface area contributed by atoms with Gasteiger partial charge in [0, 0.05) is 19.6 Å². The lowest BCUT2D eigenvalue weighted by molar-refractivity contribution is -0.125. The standard InChI is InChI=1S/C21H33N3O3S/c1-18-9-7-14-23(17-18)15-8-13-22-21(25)20-12-5-6-16-24(20)28(26,27)19-10-3-2-4-11-19/h2-4,10-11,18,20H,5-9,12-17H2,1H3,(H,22,25). The third-order valence-corrected chi connectivity index (χ3v) is 7.72. The molecule has 6 nitrogen and oxygen atoms in total. The average Bonchev–Trinajstić information content (AvgIpc) is 2.72. The Morgan fingerprint density at radius 1 is 1.11 bits per heavy atom. The summed E-state index contributed by atoms with van der Waals surface area (Å²) in [7, 11) is -3.65. The number of nitrogens with one attached hydrogen (secondary N) is 1. The van der Waals surface area contributed by atoms with E-state index in [1.165, 1.54) is 17.1 Å². The summed E-state index contributed by atoms with van der Waals surface area (Å²) in [6.45, 7) is 6.56. The largest absolute Gasteiger partial charge is 0.355 e. The second kappa shape index (κ2) is 9.85. The molecule has 1 aromatic carbocycles. The maximum absolute atomic E-state index is 13.0. The van der Waals surface area contributed by atoms with Crippen LogP contribution in [0.25, 0.3) is 0 Å². The molecule has 2 aliphatic heterocycles. The first-order valence-corrected chi connectivity index (χ1v) is 12.0. The number of rotatable bonds is 7. The zero-order valence-electron chi connectivity index (χ0n) is 16.8. The van der Waals surface area contributed by atoms with Crippen LogP contribution in [0.4, 0.5) is 0 Å². The molecular weight excluding hydrogens is 374 g/mol. The Bertz CT molecular complexity index is 739. The molecule has 0 spiro atoms. The molecule has 2 heterocycles. The summed E-state index contributed by atoms with van der Waals surface area (Å²) in [5.74, 6) is 0.591. The van der Waals surface area contributed by atoms with Gasteiger partial charge in [0.2, 0.25) is 15.9 Å². The highest BCUT2D eigenvalue weighted by atomic mass is 32.2. The zero-order chi connectivity index (χ0) is 20.0. The van der Waals surface area contributed by atoms with Crippen molar-refractivity contribution >= 4 is 15.9 Å². The maximum atomic E-state index is 13.0. The van der Waals surface area contributed by atoms with Gasteiger partial charge in [-0.1, -0.05) is 31.5 Å². The quantitative estimate of drug-likeness (QED) is 0.705. The van der Waals surface area contributed by atoms with E-state index in [1.54, 1.807) is 30.3 Å². The van der Waals surface area contributed by atoms with E-state index in [0.717, 1.165) is 44.8 Å². The number of carbonyl (C=O) groups is 1. The van der Waals surface area contributed by atoms with Crippen molar-refractivity contribution in [2.24, 2.45) is 5.92 Å². The Morgan fingerprint density at radius 2 is 1.89 bits per heavy atom. The number of likely N-dealkylation sites (tertiary alicyclic amines) is 1. The van der Waals surface area contributed by atoms with Crippen molar-refractivity contribution in [1.82, 2.24) is 14.5 Å².